The number of hydrogen-bond acceptors (Lipinski definition) is 8. The molecule has 9 nitrogen and oxygen atoms in total. The lowest BCUT2D eigenvalue weighted by Gasteiger charge is -2.15. The first-order valence-corrected chi connectivity index (χ1v) is 8.99. The van der Waals surface area contributed by atoms with Gasteiger partial charge in [0.2, 0.25) is 0 Å². The normalized spacial score (nSPS) is 11.0. The maximum atomic E-state index is 11.4. The summed E-state index contributed by atoms with van der Waals surface area (Å²) in [6.45, 7) is 0.0397. The van der Waals surface area contributed by atoms with Gasteiger partial charge < -0.3 is 5.73 Å². The Morgan fingerprint density at radius 2 is 1.86 bits per heavy atom. The molecule has 0 bridgehead atoms. The molecule has 0 saturated heterocycles. The lowest BCUT2D eigenvalue weighted by atomic mass is 10.2. The Hall–Kier alpha value is -3.27. The fraction of sp³-hybridized carbons (Fsp3) is 0.0556. The van der Waals surface area contributed by atoms with Crippen LogP contribution in [0.5, 0.6) is 0 Å². The first-order valence-electron chi connectivity index (χ1n) is 8.24. The SMILES string of the molecule is NCc1nnc(-c2cccnc2)n1-c1c(Cl)c(Cl)cc2nc(C=O)c(C=O)nc12. The Bertz CT molecular complexity index is 1260. The fourth-order valence-corrected chi connectivity index (χ4v) is 3.31. The van der Waals surface area contributed by atoms with Gasteiger partial charge in [-0.3, -0.25) is 19.1 Å². The summed E-state index contributed by atoms with van der Waals surface area (Å²) < 4.78 is 1.59. The summed E-state index contributed by atoms with van der Waals surface area (Å²) in [5, 5.41) is 8.65. The van der Waals surface area contributed by atoms with Crippen molar-refractivity contribution in [3.8, 4) is 17.1 Å². The third-order valence-electron chi connectivity index (χ3n) is 4.16. The number of nitrogens with two attached hydrogens (primary N) is 1. The first kappa shape index (κ1) is 19.1. The Kier molecular flexibility index (Phi) is 5.01. The summed E-state index contributed by atoms with van der Waals surface area (Å²) in [6, 6.07) is 5.00. The number of aldehydes is 2. The van der Waals surface area contributed by atoms with Crippen LogP contribution in [-0.2, 0) is 6.54 Å². The minimum absolute atomic E-state index is 0.0397. The van der Waals surface area contributed by atoms with Gasteiger partial charge >= 0.3 is 0 Å². The zero-order chi connectivity index (χ0) is 20.5. The van der Waals surface area contributed by atoms with E-state index in [2.05, 4.69) is 25.1 Å². The predicted molar refractivity (Wildman–Crippen MR) is 106 cm³/mol. The molecule has 0 aliphatic carbocycles. The van der Waals surface area contributed by atoms with Crippen molar-refractivity contribution in [2.45, 2.75) is 6.54 Å². The van der Waals surface area contributed by atoms with Crippen LogP contribution in [-0.4, -0.2) is 42.3 Å². The predicted octanol–water partition coefficient (Wildman–Crippen LogP) is 2.66. The molecule has 1 aromatic carbocycles. The fourth-order valence-electron chi connectivity index (χ4n) is 2.89. The van der Waals surface area contributed by atoms with Crippen LogP contribution in [0.15, 0.2) is 30.6 Å². The van der Waals surface area contributed by atoms with E-state index in [1.54, 1.807) is 29.1 Å². The number of nitrogens with zero attached hydrogens (tertiary/aromatic N) is 6. The molecular weight excluding hydrogens is 417 g/mol. The maximum absolute atomic E-state index is 11.4. The van der Waals surface area contributed by atoms with E-state index in [0.29, 0.717) is 35.5 Å². The second-order valence-electron chi connectivity index (χ2n) is 5.84. The molecule has 0 amide bonds. The van der Waals surface area contributed by atoms with Crippen molar-refractivity contribution in [2.75, 3.05) is 0 Å². The smallest absolute Gasteiger partial charge is 0.170 e. The molecule has 0 saturated carbocycles. The summed E-state index contributed by atoms with van der Waals surface area (Å²) in [6.07, 6.45) is 4.12. The Labute approximate surface area is 173 Å². The number of aromatic nitrogens is 6. The first-order chi connectivity index (χ1) is 14.1. The van der Waals surface area contributed by atoms with Crippen LogP contribution in [0.25, 0.3) is 28.1 Å². The van der Waals surface area contributed by atoms with E-state index in [0.717, 1.165) is 0 Å². The lowest BCUT2D eigenvalue weighted by Crippen LogP contribution is -2.11. The van der Waals surface area contributed by atoms with Crippen LogP contribution in [0.2, 0.25) is 10.0 Å². The van der Waals surface area contributed by atoms with E-state index in [1.807, 2.05) is 0 Å². The number of hydrogen-bond donors (Lipinski definition) is 1. The van der Waals surface area contributed by atoms with Crippen molar-refractivity contribution in [2.24, 2.45) is 5.73 Å². The molecule has 0 atom stereocenters. The molecule has 0 aliphatic heterocycles. The molecule has 11 heteroatoms. The van der Waals surface area contributed by atoms with Gasteiger partial charge in [0.15, 0.2) is 24.2 Å². The van der Waals surface area contributed by atoms with Crippen LogP contribution in [0.4, 0.5) is 0 Å². The number of halogens is 2. The molecule has 3 aromatic heterocycles. The molecule has 0 fully saturated rings. The van der Waals surface area contributed by atoms with Crippen molar-refractivity contribution < 1.29 is 9.59 Å². The third kappa shape index (κ3) is 3.15. The Balaban J connectivity index is 2.14. The monoisotopic (exact) mass is 427 g/mol. The number of carbonyl (C=O) groups excluding carboxylic acids is 2. The Morgan fingerprint density at radius 3 is 2.52 bits per heavy atom. The van der Waals surface area contributed by atoms with E-state index in [1.165, 1.54) is 6.07 Å². The van der Waals surface area contributed by atoms with E-state index in [9.17, 15) is 9.59 Å². The number of pyridine rings is 1. The maximum Gasteiger partial charge on any atom is 0.170 e. The summed E-state index contributed by atoms with van der Waals surface area (Å²) in [5.41, 5.74) is 7.09. The highest BCUT2D eigenvalue weighted by molar-refractivity contribution is 6.44. The summed E-state index contributed by atoms with van der Waals surface area (Å²) >= 11 is 12.8. The molecule has 144 valence electrons. The highest BCUT2D eigenvalue weighted by atomic mass is 35.5. The van der Waals surface area contributed by atoms with Crippen molar-refractivity contribution in [1.29, 1.82) is 0 Å². The zero-order valence-electron chi connectivity index (χ0n) is 14.6. The largest absolute Gasteiger partial charge is 0.324 e. The Morgan fingerprint density at radius 1 is 1.10 bits per heavy atom. The summed E-state index contributed by atoms with van der Waals surface area (Å²) in [4.78, 5) is 35.3. The topological polar surface area (TPSA) is 130 Å². The second-order valence-corrected chi connectivity index (χ2v) is 6.62. The van der Waals surface area contributed by atoms with Crippen LogP contribution in [0.3, 0.4) is 0 Å². The van der Waals surface area contributed by atoms with Gasteiger partial charge in [-0.15, -0.1) is 10.2 Å². The van der Waals surface area contributed by atoms with Crippen LogP contribution < -0.4 is 5.73 Å². The highest BCUT2D eigenvalue weighted by Gasteiger charge is 2.23. The number of rotatable bonds is 5. The standard InChI is InChI=1S/C18H11Cl2N7O2/c19-10-4-11-16(24-13(8-29)12(7-28)23-11)17(15(10)20)27-14(5-21)25-26-18(27)9-2-1-3-22-6-9/h1-4,6-8H,5,21H2. The number of carbonyl (C=O) groups is 2. The van der Waals surface area contributed by atoms with Gasteiger partial charge in [-0.25, -0.2) is 9.97 Å². The summed E-state index contributed by atoms with van der Waals surface area (Å²) in [7, 11) is 0. The minimum atomic E-state index is -0.127. The second kappa shape index (κ2) is 7.63. The van der Waals surface area contributed by atoms with Crippen LogP contribution in [0, 0.1) is 0 Å². The molecule has 2 N–H and O–H groups in total. The quantitative estimate of drug-likeness (QED) is 0.481. The van der Waals surface area contributed by atoms with Crippen molar-refractivity contribution in [3.63, 3.8) is 0 Å². The van der Waals surface area contributed by atoms with Gasteiger partial charge in [-0.05, 0) is 18.2 Å². The van der Waals surface area contributed by atoms with Crippen molar-refractivity contribution in [3.05, 3.63) is 57.9 Å². The van der Waals surface area contributed by atoms with Gasteiger partial charge in [0.05, 0.1) is 27.8 Å². The van der Waals surface area contributed by atoms with E-state index >= 15 is 0 Å². The van der Waals surface area contributed by atoms with E-state index in [4.69, 9.17) is 28.9 Å². The van der Waals surface area contributed by atoms with Crippen LogP contribution >= 0.6 is 23.2 Å². The molecule has 3 heterocycles. The average Bonchev–Trinajstić information content (AvgIpc) is 3.18. The minimum Gasteiger partial charge on any atom is -0.324 e. The molecule has 0 spiro atoms. The van der Waals surface area contributed by atoms with Gasteiger partial charge in [-0.2, -0.15) is 0 Å². The third-order valence-corrected chi connectivity index (χ3v) is 4.94. The number of benzene rings is 1. The lowest BCUT2D eigenvalue weighted by molar-refractivity contribution is 0.108. The molecule has 0 aliphatic rings. The van der Waals surface area contributed by atoms with Crippen molar-refractivity contribution >= 4 is 46.8 Å². The van der Waals surface area contributed by atoms with Gasteiger partial charge in [0, 0.05) is 18.0 Å². The zero-order valence-corrected chi connectivity index (χ0v) is 16.1. The summed E-state index contributed by atoms with van der Waals surface area (Å²) in [5.74, 6) is 0.779. The molecule has 4 rings (SSSR count). The van der Waals surface area contributed by atoms with Crippen molar-refractivity contribution in [1.82, 2.24) is 29.7 Å². The van der Waals surface area contributed by atoms with Gasteiger partial charge in [0.1, 0.15) is 16.9 Å². The molecule has 0 radical (unpaired) electrons. The molecule has 0 unspecified atom stereocenters. The highest BCUT2D eigenvalue weighted by Crippen LogP contribution is 2.37. The van der Waals surface area contributed by atoms with E-state index in [-0.39, 0.29) is 39.0 Å². The van der Waals surface area contributed by atoms with Gasteiger partial charge in [-0.1, -0.05) is 23.2 Å². The average molecular weight is 428 g/mol. The molecule has 4 aromatic rings. The number of fused-ring (bicyclic) bond motifs is 1. The van der Waals surface area contributed by atoms with Gasteiger partial charge in [0.25, 0.3) is 0 Å². The molecule has 29 heavy (non-hydrogen) atoms. The van der Waals surface area contributed by atoms with E-state index < -0.39 is 0 Å². The molecular formula is C18H11Cl2N7O2. The van der Waals surface area contributed by atoms with Crippen LogP contribution in [0.1, 0.15) is 26.8 Å².